The van der Waals surface area contributed by atoms with Crippen LogP contribution in [0.25, 0.3) is 0 Å². The van der Waals surface area contributed by atoms with Crippen molar-refractivity contribution in [3.8, 4) is 0 Å². The van der Waals surface area contributed by atoms with Crippen LogP contribution < -0.4 is 10.6 Å². The molecular weight excluding hydrogens is 248 g/mol. The molecule has 1 atom stereocenters. The lowest BCUT2D eigenvalue weighted by Gasteiger charge is -2.24. The summed E-state index contributed by atoms with van der Waals surface area (Å²) in [4.78, 5) is 2.21. The Bertz CT molecular complexity index is 369. The third kappa shape index (κ3) is 4.16. The van der Waals surface area contributed by atoms with Crippen LogP contribution in [0.2, 0.25) is 5.02 Å². The van der Waals surface area contributed by atoms with Crippen LogP contribution in [0.1, 0.15) is 32.4 Å². The van der Waals surface area contributed by atoms with E-state index in [4.69, 9.17) is 22.1 Å². The quantitative estimate of drug-likeness (QED) is 0.773. The zero-order valence-electron chi connectivity index (χ0n) is 11.4. The molecule has 0 aromatic heterocycles. The van der Waals surface area contributed by atoms with E-state index in [9.17, 15) is 0 Å². The number of benzene rings is 1. The van der Waals surface area contributed by atoms with Gasteiger partial charge in [-0.15, -0.1) is 0 Å². The molecule has 0 fully saturated rings. The minimum Gasteiger partial charge on any atom is -0.380 e. The molecule has 102 valence electrons. The first-order valence-electron chi connectivity index (χ1n) is 6.47. The van der Waals surface area contributed by atoms with E-state index in [-0.39, 0.29) is 6.04 Å². The number of hydrogen-bond acceptors (Lipinski definition) is 3. The summed E-state index contributed by atoms with van der Waals surface area (Å²) in [5, 5.41) is 0.753. The molecule has 0 saturated heterocycles. The van der Waals surface area contributed by atoms with Crippen molar-refractivity contribution in [1.29, 1.82) is 0 Å². The van der Waals surface area contributed by atoms with E-state index in [0.29, 0.717) is 0 Å². The maximum Gasteiger partial charge on any atom is 0.0642 e. The van der Waals surface area contributed by atoms with Crippen LogP contribution in [0.4, 0.5) is 5.69 Å². The van der Waals surface area contributed by atoms with Gasteiger partial charge < -0.3 is 15.4 Å². The molecule has 0 amide bonds. The zero-order valence-corrected chi connectivity index (χ0v) is 12.2. The maximum absolute atomic E-state index is 6.32. The SMILES string of the molecule is CCOCCN(CC)c1ccc([C@H](C)N)cc1Cl. The molecule has 0 aliphatic rings. The van der Waals surface area contributed by atoms with Crippen molar-refractivity contribution in [3.63, 3.8) is 0 Å². The smallest absolute Gasteiger partial charge is 0.0642 e. The van der Waals surface area contributed by atoms with Crippen molar-refractivity contribution in [2.24, 2.45) is 5.73 Å². The number of nitrogens with zero attached hydrogens (tertiary/aromatic N) is 1. The number of hydrogen-bond donors (Lipinski definition) is 1. The van der Waals surface area contributed by atoms with Gasteiger partial charge >= 0.3 is 0 Å². The van der Waals surface area contributed by atoms with E-state index in [1.165, 1.54) is 0 Å². The lowest BCUT2D eigenvalue weighted by Crippen LogP contribution is -2.27. The van der Waals surface area contributed by atoms with E-state index in [1.807, 2.05) is 32.0 Å². The van der Waals surface area contributed by atoms with Crippen LogP contribution >= 0.6 is 11.6 Å². The Morgan fingerprint density at radius 2 is 2.11 bits per heavy atom. The Kier molecular flexibility index (Phi) is 6.47. The van der Waals surface area contributed by atoms with Crippen molar-refractivity contribution < 1.29 is 4.74 Å². The Labute approximate surface area is 115 Å². The Morgan fingerprint density at radius 3 is 2.61 bits per heavy atom. The van der Waals surface area contributed by atoms with Crippen molar-refractivity contribution in [3.05, 3.63) is 28.8 Å². The normalized spacial score (nSPS) is 12.5. The second-order valence-electron chi connectivity index (χ2n) is 4.28. The monoisotopic (exact) mass is 270 g/mol. The van der Waals surface area contributed by atoms with E-state index in [2.05, 4.69) is 11.8 Å². The summed E-state index contributed by atoms with van der Waals surface area (Å²) in [7, 11) is 0. The summed E-state index contributed by atoms with van der Waals surface area (Å²) in [6.07, 6.45) is 0. The number of likely N-dealkylation sites (N-methyl/N-ethyl adjacent to an activating group) is 1. The van der Waals surface area contributed by atoms with E-state index >= 15 is 0 Å². The molecule has 0 heterocycles. The molecule has 0 aliphatic carbocycles. The summed E-state index contributed by atoms with van der Waals surface area (Å²) in [6, 6.07) is 6.03. The van der Waals surface area contributed by atoms with Gasteiger partial charge in [-0.05, 0) is 38.5 Å². The zero-order chi connectivity index (χ0) is 13.5. The average molecular weight is 271 g/mol. The van der Waals surface area contributed by atoms with Crippen LogP contribution in [0.15, 0.2) is 18.2 Å². The molecule has 0 saturated carbocycles. The molecule has 0 spiro atoms. The van der Waals surface area contributed by atoms with Gasteiger partial charge in [0.1, 0.15) is 0 Å². The van der Waals surface area contributed by atoms with Crippen LogP contribution in [-0.4, -0.2) is 26.3 Å². The number of anilines is 1. The molecule has 1 aromatic rings. The van der Waals surface area contributed by atoms with E-state index < -0.39 is 0 Å². The van der Waals surface area contributed by atoms with E-state index in [0.717, 1.165) is 42.6 Å². The molecule has 0 unspecified atom stereocenters. The van der Waals surface area contributed by atoms with Crippen molar-refractivity contribution in [2.75, 3.05) is 31.2 Å². The van der Waals surface area contributed by atoms with Crippen LogP contribution in [0, 0.1) is 0 Å². The molecule has 3 nitrogen and oxygen atoms in total. The lowest BCUT2D eigenvalue weighted by atomic mass is 10.1. The lowest BCUT2D eigenvalue weighted by molar-refractivity contribution is 0.154. The molecule has 18 heavy (non-hydrogen) atoms. The highest BCUT2D eigenvalue weighted by Crippen LogP contribution is 2.28. The molecule has 4 heteroatoms. The second kappa shape index (κ2) is 7.62. The first kappa shape index (κ1) is 15.3. The number of nitrogens with two attached hydrogens (primary N) is 1. The predicted molar refractivity (Wildman–Crippen MR) is 78.4 cm³/mol. The number of ether oxygens (including phenoxy) is 1. The van der Waals surface area contributed by atoms with Crippen molar-refractivity contribution in [2.45, 2.75) is 26.8 Å². The molecule has 1 rings (SSSR count). The number of rotatable bonds is 7. The summed E-state index contributed by atoms with van der Waals surface area (Å²) in [5.74, 6) is 0. The van der Waals surface area contributed by atoms with Gasteiger partial charge in [0.25, 0.3) is 0 Å². The van der Waals surface area contributed by atoms with Gasteiger partial charge in [-0.3, -0.25) is 0 Å². The third-order valence-electron chi connectivity index (χ3n) is 2.93. The van der Waals surface area contributed by atoms with Gasteiger partial charge in [-0.2, -0.15) is 0 Å². The topological polar surface area (TPSA) is 38.5 Å². The molecule has 0 aliphatic heterocycles. The van der Waals surface area contributed by atoms with Crippen LogP contribution in [-0.2, 0) is 4.74 Å². The summed E-state index contributed by atoms with van der Waals surface area (Å²) < 4.78 is 5.38. The third-order valence-corrected chi connectivity index (χ3v) is 3.23. The van der Waals surface area contributed by atoms with Gasteiger partial charge in [0.15, 0.2) is 0 Å². The fourth-order valence-corrected chi connectivity index (χ4v) is 2.14. The van der Waals surface area contributed by atoms with Crippen LogP contribution in [0.3, 0.4) is 0 Å². The van der Waals surface area contributed by atoms with Crippen molar-refractivity contribution >= 4 is 17.3 Å². The summed E-state index contributed by atoms with van der Waals surface area (Å²) in [6.45, 7) is 9.29. The highest BCUT2D eigenvalue weighted by Gasteiger charge is 2.10. The van der Waals surface area contributed by atoms with Gasteiger partial charge in [-0.1, -0.05) is 17.7 Å². The highest BCUT2D eigenvalue weighted by molar-refractivity contribution is 6.33. The molecule has 2 N–H and O–H groups in total. The highest BCUT2D eigenvalue weighted by atomic mass is 35.5. The van der Waals surface area contributed by atoms with Gasteiger partial charge in [0.05, 0.1) is 17.3 Å². The number of halogens is 1. The van der Waals surface area contributed by atoms with Gasteiger partial charge in [-0.25, -0.2) is 0 Å². The predicted octanol–water partition coefficient (Wildman–Crippen LogP) is 3.22. The molecule has 0 bridgehead atoms. The Hall–Kier alpha value is -0.770. The fourth-order valence-electron chi connectivity index (χ4n) is 1.83. The summed E-state index contributed by atoms with van der Waals surface area (Å²) >= 11 is 6.32. The first-order valence-corrected chi connectivity index (χ1v) is 6.85. The largest absolute Gasteiger partial charge is 0.380 e. The van der Waals surface area contributed by atoms with Gasteiger partial charge in [0, 0.05) is 25.7 Å². The van der Waals surface area contributed by atoms with Gasteiger partial charge in [0.2, 0.25) is 0 Å². The van der Waals surface area contributed by atoms with E-state index in [1.54, 1.807) is 0 Å². The summed E-state index contributed by atoms with van der Waals surface area (Å²) in [5.41, 5.74) is 7.95. The Balaban J connectivity index is 2.79. The van der Waals surface area contributed by atoms with Crippen LogP contribution in [0.5, 0.6) is 0 Å². The Morgan fingerprint density at radius 1 is 1.39 bits per heavy atom. The standard InChI is InChI=1S/C14H23ClN2O/c1-4-17(8-9-18-5-2)14-7-6-12(11(3)16)10-13(14)15/h6-7,10-11H,4-5,8-9,16H2,1-3H3/t11-/m0/s1. The van der Waals surface area contributed by atoms with Crippen molar-refractivity contribution in [1.82, 2.24) is 0 Å². The first-order chi connectivity index (χ1) is 8.60. The molecular formula is C14H23ClN2O. The minimum atomic E-state index is 0.00931. The molecule has 0 radical (unpaired) electrons. The fraction of sp³-hybridized carbons (Fsp3) is 0.571. The maximum atomic E-state index is 6.32. The molecule has 1 aromatic carbocycles. The average Bonchev–Trinajstić information content (AvgIpc) is 2.35. The second-order valence-corrected chi connectivity index (χ2v) is 4.68. The minimum absolute atomic E-state index is 0.00931.